The first kappa shape index (κ1) is 21.3. The molecule has 5 nitrogen and oxygen atoms in total. The predicted octanol–water partition coefficient (Wildman–Crippen LogP) is 6.24. The first-order valence-corrected chi connectivity index (χ1v) is 12.6. The number of benzene rings is 4. The first-order valence-electron chi connectivity index (χ1n) is 10.3. The Bertz CT molecular complexity index is 1440. The van der Waals surface area contributed by atoms with Crippen LogP contribution in [0.25, 0.3) is 0 Å². The van der Waals surface area contributed by atoms with E-state index < -0.39 is 10.0 Å². The molecule has 1 aliphatic rings. The number of anilines is 3. The molecule has 4 aromatic rings. The molecule has 4 aromatic carbocycles. The Morgan fingerprint density at radius 2 is 1.42 bits per heavy atom. The van der Waals surface area contributed by atoms with Gasteiger partial charge < -0.3 is 0 Å². The molecular formula is C26H20N2O3S2. The third-order valence-corrected chi connectivity index (χ3v) is 7.81. The zero-order chi connectivity index (χ0) is 23.0. The summed E-state index contributed by atoms with van der Waals surface area (Å²) in [6.45, 7) is 1.84. The van der Waals surface area contributed by atoms with Gasteiger partial charge in [0.05, 0.1) is 16.3 Å². The van der Waals surface area contributed by atoms with E-state index in [0.29, 0.717) is 11.3 Å². The molecule has 0 bridgehead atoms. The van der Waals surface area contributed by atoms with Crippen LogP contribution in [-0.2, 0) is 10.0 Å². The molecule has 33 heavy (non-hydrogen) atoms. The van der Waals surface area contributed by atoms with Gasteiger partial charge >= 0.3 is 0 Å². The lowest BCUT2D eigenvalue weighted by atomic mass is 10.1. The van der Waals surface area contributed by atoms with Gasteiger partial charge in [-0.25, -0.2) is 8.42 Å². The number of nitrogens with one attached hydrogen (secondary N) is 1. The highest BCUT2D eigenvalue weighted by Gasteiger charge is 2.29. The van der Waals surface area contributed by atoms with Crippen LogP contribution in [0.3, 0.4) is 0 Å². The Hall–Kier alpha value is -3.55. The maximum absolute atomic E-state index is 13.7. The van der Waals surface area contributed by atoms with Crippen LogP contribution in [0, 0.1) is 6.92 Å². The van der Waals surface area contributed by atoms with Gasteiger partial charge in [-0.2, -0.15) is 0 Å². The number of fused-ring (bicyclic) bond motifs is 2. The van der Waals surface area contributed by atoms with Gasteiger partial charge in [-0.1, -0.05) is 54.2 Å². The summed E-state index contributed by atoms with van der Waals surface area (Å²) < 4.78 is 28.3. The van der Waals surface area contributed by atoms with Crippen molar-refractivity contribution < 1.29 is 13.2 Å². The Morgan fingerprint density at radius 1 is 0.788 bits per heavy atom. The number of aryl methyl sites for hydroxylation is 1. The van der Waals surface area contributed by atoms with Gasteiger partial charge in [-0.15, -0.1) is 0 Å². The molecule has 1 aliphatic heterocycles. The monoisotopic (exact) mass is 472 g/mol. The van der Waals surface area contributed by atoms with Crippen molar-refractivity contribution in [3.63, 3.8) is 0 Å². The molecule has 0 unspecified atom stereocenters. The van der Waals surface area contributed by atoms with E-state index in [1.165, 1.54) is 0 Å². The fraction of sp³-hybridized carbons (Fsp3) is 0.0385. The minimum Gasteiger partial charge on any atom is -0.280 e. The van der Waals surface area contributed by atoms with Crippen LogP contribution in [0.2, 0.25) is 0 Å². The fourth-order valence-corrected chi connectivity index (χ4v) is 5.98. The summed E-state index contributed by atoms with van der Waals surface area (Å²) in [5.74, 6) is -0.230. The molecular weight excluding hydrogens is 452 g/mol. The fourth-order valence-electron chi connectivity index (χ4n) is 3.76. The van der Waals surface area contributed by atoms with Crippen molar-refractivity contribution in [2.24, 2.45) is 0 Å². The topological polar surface area (TPSA) is 66.5 Å². The lowest BCUT2D eigenvalue weighted by Gasteiger charge is -2.31. The van der Waals surface area contributed by atoms with Gasteiger partial charge in [0.2, 0.25) is 0 Å². The molecule has 0 saturated carbocycles. The minimum absolute atomic E-state index is 0.176. The molecule has 7 heteroatoms. The number of hydrogen-bond donors (Lipinski definition) is 1. The van der Waals surface area contributed by atoms with Gasteiger partial charge in [0.25, 0.3) is 15.9 Å². The highest BCUT2D eigenvalue weighted by molar-refractivity contribution is 7.99. The molecule has 0 fully saturated rings. The third-order valence-electron chi connectivity index (χ3n) is 5.30. The Balaban J connectivity index is 1.51. The van der Waals surface area contributed by atoms with Crippen LogP contribution in [0.4, 0.5) is 17.1 Å². The van der Waals surface area contributed by atoms with Crippen molar-refractivity contribution in [1.29, 1.82) is 0 Å². The standard InChI is InChI=1S/C26H20N2O3S2/c1-18-8-6-11-21(16-18)33(30,31)27-20-10-7-9-19(17-20)26(29)28-22-12-2-4-14-24(22)32-25-15-5-3-13-23(25)28/h2-17,27H,1H3. The van der Waals surface area contributed by atoms with Crippen LogP contribution in [-0.4, -0.2) is 14.3 Å². The van der Waals surface area contributed by atoms with E-state index in [1.807, 2.05) is 61.5 Å². The van der Waals surface area contributed by atoms with E-state index in [0.717, 1.165) is 26.7 Å². The number of carbonyl (C=O) groups is 1. The SMILES string of the molecule is Cc1cccc(S(=O)(=O)Nc2cccc(C(=O)N3c4ccccc4Sc4ccccc43)c2)c1. The molecule has 0 radical (unpaired) electrons. The second-order valence-electron chi connectivity index (χ2n) is 7.68. The number of nitrogens with zero attached hydrogens (tertiary/aromatic N) is 1. The van der Waals surface area contributed by atoms with Gasteiger partial charge in [0.15, 0.2) is 0 Å². The lowest BCUT2D eigenvalue weighted by molar-refractivity contribution is 0.0998. The number of para-hydroxylation sites is 2. The number of amides is 1. The van der Waals surface area contributed by atoms with Crippen molar-refractivity contribution in [1.82, 2.24) is 0 Å². The highest BCUT2D eigenvalue weighted by Crippen LogP contribution is 2.48. The number of rotatable bonds is 4. The second kappa shape index (κ2) is 8.42. The average molecular weight is 473 g/mol. The maximum Gasteiger partial charge on any atom is 0.262 e. The zero-order valence-corrected chi connectivity index (χ0v) is 19.4. The average Bonchev–Trinajstić information content (AvgIpc) is 2.82. The summed E-state index contributed by atoms with van der Waals surface area (Å²) in [5, 5.41) is 0. The van der Waals surface area contributed by atoms with Crippen LogP contribution < -0.4 is 9.62 Å². The lowest BCUT2D eigenvalue weighted by Crippen LogP contribution is -2.28. The number of hydrogen-bond acceptors (Lipinski definition) is 4. The van der Waals surface area contributed by atoms with Crippen molar-refractivity contribution in [3.05, 3.63) is 108 Å². The van der Waals surface area contributed by atoms with Crippen molar-refractivity contribution >= 4 is 44.8 Å². The molecule has 0 atom stereocenters. The zero-order valence-electron chi connectivity index (χ0n) is 17.7. The van der Waals surface area contributed by atoms with Gasteiger partial charge in [-0.05, 0) is 67.1 Å². The molecule has 1 amide bonds. The molecule has 0 saturated heterocycles. The normalized spacial score (nSPS) is 12.6. The van der Waals surface area contributed by atoms with Crippen LogP contribution >= 0.6 is 11.8 Å². The summed E-state index contributed by atoms with van der Waals surface area (Å²) in [6.07, 6.45) is 0. The summed E-state index contributed by atoms with van der Waals surface area (Å²) in [6, 6.07) is 28.8. The van der Waals surface area contributed by atoms with Gasteiger partial charge in [-0.3, -0.25) is 14.4 Å². The molecule has 1 N–H and O–H groups in total. The Morgan fingerprint density at radius 3 is 2.09 bits per heavy atom. The van der Waals surface area contributed by atoms with Crippen molar-refractivity contribution in [3.8, 4) is 0 Å². The van der Waals surface area contributed by atoms with E-state index in [2.05, 4.69) is 4.72 Å². The smallest absolute Gasteiger partial charge is 0.262 e. The summed E-state index contributed by atoms with van der Waals surface area (Å²) in [7, 11) is -3.78. The maximum atomic E-state index is 13.7. The molecule has 0 aromatic heterocycles. The molecule has 0 aliphatic carbocycles. The summed E-state index contributed by atoms with van der Waals surface area (Å²) in [4.78, 5) is 17.5. The van der Waals surface area contributed by atoms with Crippen LogP contribution in [0.15, 0.2) is 112 Å². The second-order valence-corrected chi connectivity index (χ2v) is 10.4. The number of sulfonamides is 1. The largest absolute Gasteiger partial charge is 0.280 e. The summed E-state index contributed by atoms with van der Waals surface area (Å²) in [5.41, 5.74) is 3.17. The van der Waals surface area contributed by atoms with E-state index in [-0.39, 0.29) is 10.8 Å². The van der Waals surface area contributed by atoms with Gasteiger partial charge in [0.1, 0.15) is 0 Å². The quantitative estimate of drug-likeness (QED) is 0.382. The van der Waals surface area contributed by atoms with E-state index >= 15 is 0 Å². The Labute approximate surface area is 197 Å². The van der Waals surface area contributed by atoms with E-state index in [1.54, 1.807) is 59.1 Å². The van der Waals surface area contributed by atoms with E-state index in [4.69, 9.17) is 0 Å². The van der Waals surface area contributed by atoms with Crippen LogP contribution in [0.1, 0.15) is 15.9 Å². The molecule has 0 spiro atoms. The van der Waals surface area contributed by atoms with Crippen molar-refractivity contribution in [2.75, 3.05) is 9.62 Å². The summed E-state index contributed by atoms with van der Waals surface area (Å²) >= 11 is 1.62. The first-order chi connectivity index (χ1) is 15.9. The minimum atomic E-state index is -3.78. The van der Waals surface area contributed by atoms with Gasteiger partial charge in [0, 0.05) is 21.0 Å². The van der Waals surface area contributed by atoms with Crippen LogP contribution in [0.5, 0.6) is 0 Å². The third kappa shape index (κ3) is 4.13. The highest BCUT2D eigenvalue weighted by atomic mass is 32.2. The van der Waals surface area contributed by atoms with Crippen molar-refractivity contribution in [2.45, 2.75) is 21.6 Å². The molecule has 1 heterocycles. The number of carbonyl (C=O) groups excluding carboxylic acids is 1. The molecule has 164 valence electrons. The Kier molecular flexibility index (Phi) is 5.44. The molecule has 5 rings (SSSR count). The van der Waals surface area contributed by atoms with E-state index in [9.17, 15) is 13.2 Å². The predicted molar refractivity (Wildman–Crippen MR) is 132 cm³/mol.